The molecule has 0 spiro atoms. The molecule has 1 rings (SSSR count). The zero-order valence-electron chi connectivity index (χ0n) is 9.13. The maximum atomic E-state index is 11.1. The quantitative estimate of drug-likeness (QED) is 0.444. The molecule has 0 aromatic carbocycles. The van der Waals surface area contributed by atoms with Crippen molar-refractivity contribution in [3.05, 3.63) is 24.3 Å². The van der Waals surface area contributed by atoms with E-state index in [2.05, 4.69) is 9.44 Å². The number of alkyl halides is 1. The van der Waals surface area contributed by atoms with Gasteiger partial charge in [-0.25, -0.2) is 0 Å². The van der Waals surface area contributed by atoms with Crippen LogP contribution in [-0.4, -0.2) is 24.8 Å². The Labute approximate surface area is 105 Å². The molecule has 17 heavy (non-hydrogen) atoms. The van der Waals surface area contributed by atoms with E-state index in [9.17, 15) is 8.42 Å². The number of allylic oxidation sites excluding steroid dienone is 4. The van der Waals surface area contributed by atoms with Crippen molar-refractivity contribution in [3.8, 4) is 6.07 Å². The van der Waals surface area contributed by atoms with Gasteiger partial charge in [-0.3, -0.25) is 4.28 Å². The summed E-state index contributed by atoms with van der Waals surface area (Å²) in [4.78, 5) is -1.13. The van der Waals surface area contributed by atoms with Crippen molar-refractivity contribution in [2.45, 2.75) is 18.2 Å². The molecule has 0 heterocycles. The van der Waals surface area contributed by atoms with Gasteiger partial charge in [-0.15, -0.1) is 11.6 Å². The van der Waals surface area contributed by atoms with Gasteiger partial charge in [0.05, 0.1) is 5.75 Å². The first-order valence-electron chi connectivity index (χ1n) is 4.87. The van der Waals surface area contributed by atoms with Gasteiger partial charge in [0.25, 0.3) is 0 Å². The van der Waals surface area contributed by atoms with Crippen LogP contribution in [0.25, 0.3) is 0 Å². The Bertz CT molecular complexity index is 516. The molecule has 0 N–H and O–H groups in total. The van der Waals surface area contributed by atoms with Gasteiger partial charge in [0.15, 0.2) is 5.71 Å². The molecule has 0 aromatic rings. The largest absolute Gasteiger partial charge is 0.328 e. The molecule has 1 aliphatic rings. The number of hydrogen-bond donors (Lipinski definition) is 0. The summed E-state index contributed by atoms with van der Waals surface area (Å²) in [7, 11) is -3.73. The van der Waals surface area contributed by atoms with Crippen LogP contribution in [0.1, 0.15) is 13.3 Å². The molecule has 0 bridgehead atoms. The minimum Gasteiger partial charge on any atom is -0.267 e. The average molecular weight is 275 g/mol. The Morgan fingerprint density at radius 3 is 2.82 bits per heavy atom. The highest BCUT2D eigenvalue weighted by atomic mass is 35.5. The number of nitrogens with zero attached hydrogens (tertiary/aromatic N) is 2. The SMILES string of the molecule is CCS(=O)(=O)ON=C(C#N)C1(Cl)C=CC=CC1. The molecule has 0 aromatic heterocycles. The van der Waals surface area contributed by atoms with Crippen LogP contribution in [0.5, 0.6) is 0 Å². The van der Waals surface area contributed by atoms with Crippen molar-refractivity contribution in [2.75, 3.05) is 5.75 Å². The zero-order chi connectivity index (χ0) is 12.9. The van der Waals surface area contributed by atoms with Gasteiger partial charge in [-0.2, -0.15) is 13.7 Å². The van der Waals surface area contributed by atoms with Crippen molar-refractivity contribution in [1.82, 2.24) is 0 Å². The first-order valence-corrected chi connectivity index (χ1v) is 6.82. The monoisotopic (exact) mass is 274 g/mol. The lowest BCUT2D eigenvalue weighted by Crippen LogP contribution is -2.30. The zero-order valence-corrected chi connectivity index (χ0v) is 10.7. The van der Waals surface area contributed by atoms with E-state index in [1.807, 2.05) is 0 Å². The van der Waals surface area contributed by atoms with Crippen molar-refractivity contribution in [2.24, 2.45) is 5.16 Å². The maximum Gasteiger partial charge on any atom is 0.328 e. The molecule has 0 saturated heterocycles. The molecule has 0 fully saturated rings. The lowest BCUT2D eigenvalue weighted by Gasteiger charge is -2.20. The molecule has 1 atom stereocenters. The Hall–Kier alpha value is -1.32. The topological polar surface area (TPSA) is 79.5 Å². The Morgan fingerprint density at radius 2 is 2.35 bits per heavy atom. The Balaban J connectivity index is 2.94. The number of hydrogen-bond acceptors (Lipinski definition) is 5. The van der Waals surface area contributed by atoms with E-state index in [-0.39, 0.29) is 11.5 Å². The van der Waals surface area contributed by atoms with E-state index in [1.165, 1.54) is 6.92 Å². The summed E-state index contributed by atoms with van der Waals surface area (Å²) in [6, 6.07) is 1.75. The number of oxime groups is 1. The number of rotatable bonds is 4. The number of halogens is 1. The molecule has 0 radical (unpaired) electrons. The van der Waals surface area contributed by atoms with Crippen molar-refractivity contribution >= 4 is 27.4 Å². The van der Waals surface area contributed by atoms with Gasteiger partial charge in [0.1, 0.15) is 10.9 Å². The lowest BCUT2D eigenvalue weighted by molar-refractivity contribution is 0.338. The van der Waals surface area contributed by atoms with Crippen LogP contribution >= 0.6 is 11.6 Å². The second kappa shape index (κ2) is 5.34. The third-order valence-electron chi connectivity index (χ3n) is 2.12. The molecular formula is C10H11ClN2O3S. The van der Waals surface area contributed by atoms with Crippen LogP contribution in [0.15, 0.2) is 29.5 Å². The van der Waals surface area contributed by atoms with Crippen molar-refractivity contribution in [1.29, 1.82) is 5.26 Å². The van der Waals surface area contributed by atoms with E-state index < -0.39 is 15.0 Å². The van der Waals surface area contributed by atoms with E-state index in [1.54, 1.807) is 30.4 Å². The molecule has 92 valence electrons. The molecule has 5 nitrogen and oxygen atoms in total. The Morgan fingerprint density at radius 1 is 1.65 bits per heavy atom. The van der Waals surface area contributed by atoms with Crippen LogP contribution in [0.2, 0.25) is 0 Å². The van der Waals surface area contributed by atoms with Gasteiger partial charge in [-0.05, 0) is 13.3 Å². The van der Waals surface area contributed by atoms with E-state index >= 15 is 0 Å². The summed E-state index contributed by atoms with van der Waals surface area (Å²) < 4.78 is 26.5. The summed E-state index contributed by atoms with van der Waals surface area (Å²) >= 11 is 6.15. The standard InChI is InChI=1S/C10H11ClN2O3S/c1-2-17(14,15)16-13-9(8-12)10(11)6-4-3-5-7-10/h3-6H,2,7H2,1H3. The average Bonchev–Trinajstić information content (AvgIpc) is 2.30. The van der Waals surface area contributed by atoms with Crippen LogP contribution < -0.4 is 0 Å². The summed E-state index contributed by atoms with van der Waals surface area (Å²) in [6.07, 6.45) is 7.12. The van der Waals surface area contributed by atoms with Gasteiger partial charge in [0, 0.05) is 0 Å². The predicted molar refractivity (Wildman–Crippen MR) is 65.1 cm³/mol. The Kier molecular flexibility index (Phi) is 4.32. The summed E-state index contributed by atoms with van der Waals surface area (Å²) in [6.45, 7) is 1.41. The molecule has 7 heteroatoms. The predicted octanol–water partition coefficient (Wildman–Crippen LogP) is 1.73. The second-order valence-electron chi connectivity index (χ2n) is 3.33. The highest BCUT2D eigenvalue weighted by Gasteiger charge is 2.32. The fourth-order valence-corrected chi connectivity index (χ4v) is 1.64. The fraction of sp³-hybridized carbons (Fsp3) is 0.400. The molecule has 0 saturated carbocycles. The summed E-state index contributed by atoms with van der Waals surface area (Å²) in [5.41, 5.74) is -0.184. The first kappa shape index (κ1) is 13.7. The van der Waals surface area contributed by atoms with Crippen molar-refractivity contribution < 1.29 is 12.7 Å². The second-order valence-corrected chi connectivity index (χ2v) is 5.84. The molecule has 0 amide bonds. The molecular weight excluding hydrogens is 264 g/mol. The van der Waals surface area contributed by atoms with Crippen LogP contribution in [0, 0.1) is 11.3 Å². The maximum absolute atomic E-state index is 11.1. The number of nitriles is 1. The normalized spacial score (nSPS) is 24.4. The first-order chi connectivity index (χ1) is 7.93. The highest BCUT2D eigenvalue weighted by molar-refractivity contribution is 7.86. The minimum absolute atomic E-state index is 0.184. The molecule has 1 unspecified atom stereocenters. The molecule has 0 aliphatic heterocycles. The van der Waals surface area contributed by atoms with E-state index in [0.29, 0.717) is 6.42 Å². The molecule has 1 aliphatic carbocycles. The van der Waals surface area contributed by atoms with Gasteiger partial charge in [-0.1, -0.05) is 29.5 Å². The lowest BCUT2D eigenvalue weighted by atomic mass is 9.95. The van der Waals surface area contributed by atoms with Gasteiger partial charge < -0.3 is 0 Å². The van der Waals surface area contributed by atoms with Gasteiger partial charge in [0.2, 0.25) is 0 Å². The van der Waals surface area contributed by atoms with Crippen molar-refractivity contribution in [3.63, 3.8) is 0 Å². The minimum atomic E-state index is -3.73. The highest BCUT2D eigenvalue weighted by Crippen LogP contribution is 2.27. The third kappa shape index (κ3) is 3.58. The summed E-state index contributed by atoms with van der Waals surface area (Å²) in [5, 5.41) is 12.2. The van der Waals surface area contributed by atoms with Crippen LogP contribution in [0.3, 0.4) is 0 Å². The van der Waals surface area contributed by atoms with Crippen LogP contribution in [-0.2, 0) is 14.4 Å². The van der Waals surface area contributed by atoms with E-state index in [4.69, 9.17) is 16.9 Å². The fourth-order valence-electron chi connectivity index (χ4n) is 1.11. The van der Waals surface area contributed by atoms with Gasteiger partial charge >= 0.3 is 10.1 Å². The smallest absolute Gasteiger partial charge is 0.267 e. The summed E-state index contributed by atoms with van der Waals surface area (Å²) in [5.74, 6) is -0.222. The third-order valence-corrected chi connectivity index (χ3v) is 3.59. The van der Waals surface area contributed by atoms with E-state index in [0.717, 1.165) is 0 Å². The van der Waals surface area contributed by atoms with Crippen LogP contribution in [0.4, 0.5) is 0 Å².